The van der Waals surface area contributed by atoms with E-state index in [4.69, 9.17) is 9.47 Å². The Kier molecular flexibility index (Phi) is 7.36. The lowest BCUT2D eigenvalue weighted by molar-refractivity contribution is 0.0162. The molecule has 2 aromatic carbocycles. The second kappa shape index (κ2) is 10.6. The van der Waals surface area contributed by atoms with Gasteiger partial charge in [-0.1, -0.05) is 37.3 Å². The topological polar surface area (TPSA) is 85.7 Å². The van der Waals surface area contributed by atoms with Crippen LogP contribution in [0.4, 0.5) is 0 Å². The Labute approximate surface area is 193 Å². The molecule has 8 heteroatoms. The highest BCUT2D eigenvalue weighted by atomic mass is 16.5. The molecule has 33 heavy (non-hydrogen) atoms. The molecule has 1 atom stereocenters. The number of ether oxygens (including phenoxy) is 2. The molecule has 1 amide bonds. The zero-order chi connectivity index (χ0) is 23.2. The summed E-state index contributed by atoms with van der Waals surface area (Å²) in [7, 11) is 1.64. The highest BCUT2D eigenvalue weighted by Crippen LogP contribution is 2.24. The van der Waals surface area contributed by atoms with E-state index in [0.717, 1.165) is 30.8 Å². The molecule has 0 unspecified atom stereocenters. The summed E-state index contributed by atoms with van der Waals surface area (Å²) in [5.74, 6) is 0.500. The number of rotatable bonds is 8. The van der Waals surface area contributed by atoms with E-state index < -0.39 is 0 Å². The van der Waals surface area contributed by atoms with Crippen LogP contribution in [0.5, 0.6) is 5.75 Å². The van der Waals surface area contributed by atoms with Crippen LogP contribution in [0.3, 0.4) is 0 Å². The van der Waals surface area contributed by atoms with Crippen molar-refractivity contribution in [2.75, 3.05) is 40.0 Å². The van der Waals surface area contributed by atoms with Crippen LogP contribution in [0.15, 0.2) is 53.3 Å². The summed E-state index contributed by atoms with van der Waals surface area (Å²) < 4.78 is 12.2. The predicted molar refractivity (Wildman–Crippen MR) is 127 cm³/mol. The van der Waals surface area contributed by atoms with E-state index in [1.807, 2.05) is 37.3 Å². The van der Waals surface area contributed by atoms with Crippen LogP contribution in [0.1, 0.15) is 35.4 Å². The number of morpholine rings is 1. The predicted octanol–water partition coefficient (Wildman–Crippen LogP) is 2.62. The fourth-order valence-corrected chi connectivity index (χ4v) is 4.21. The molecule has 2 heterocycles. The van der Waals surface area contributed by atoms with E-state index in [9.17, 15) is 9.59 Å². The third-order valence-corrected chi connectivity index (χ3v) is 5.96. The standard InChI is InChI=1S/C25H30N4O4/c1-3-12-29-25(31)21-7-5-4-6-20(21)23(27-29)24(30)26-17-22(28-13-15-33-16-14-28)18-8-10-19(32-2)11-9-18/h4-11,22H,3,12-17H2,1-2H3,(H,26,30)/t22-/m0/s1. The first kappa shape index (κ1) is 22.9. The van der Waals surface area contributed by atoms with Crippen molar-refractivity contribution in [3.8, 4) is 5.75 Å². The van der Waals surface area contributed by atoms with E-state index in [2.05, 4.69) is 15.3 Å². The lowest BCUT2D eigenvalue weighted by Crippen LogP contribution is -2.44. The van der Waals surface area contributed by atoms with Crippen molar-refractivity contribution < 1.29 is 14.3 Å². The fraction of sp³-hybridized carbons (Fsp3) is 0.400. The number of methoxy groups -OCH3 is 1. The zero-order valence-corrected chi connectivity index (χ0v) is 19.1. The Morgan fingerprint density at radius 3 is 2.48 bits per heavy atom. The molecule has 1 aliphatic rings. The van der Waals surface area contributed by atoms with Gasteiger partial charge in [-0.2, -0.15) is 5.10 Å². The van der Waals surface area contributed by atoms with Crippen molar-refractivity contribution in [3.63, 3.8) is 0 Å². The van der Waals surface area contributed by atoms with Crippen LogP contribution in [0.2, 0.25) is 0 Å². The SMILES string of the molecule is CCCn1nc(C(=O)NC[C@@H](c2ccc(OC)cc2)N2CCOCC2)c2ccccc2c1=O. The summed E-state index contributed by atoms with van der Waals surface area (Å²) >= 11 is 0. The second-order valence-corrected chi connectivity index (χ2v) is 8.07. The van der Waals surface area contributed by atoms with Crippen molar-refractivity contribution >= 4 is 16.7 Å². The summed E-state index contributed by atoms with van der Waals surface area (Å²) in [6, 6.07) is 15.0. The van der Waals surface area contributed by atoms with Crippen LogP contribution in [0, 0.1) is 0 Å². The first-order valence-electron chi connectivity index (χ1n) is 11.4. The Morgan fingerprint density at radius 2 is 1.82 bits per heavy atom. The maximum atomic E-state index is 13.3. The molecule has 0 aliphatic carbocycles. The molecule has 0 spiro atoms. The largest absolute Gasteiger partial charge is 0.497 e. The van der Waals surface area contributed by atoms with Crippen LogP contribution < -0.4 is 15.6 Å². The number of benzene rings is 2. The molecule has 1 aliphatic heterocycles. The van der Waals surface area contributed by atoms with Crippen molar-refractivity contribution in [1.29, 1.82) is 0 Å². The number of aryl methyl sites for hydroxylation is 1. The number of nitrogens with zero attached hydrogens (tertiary/aromatic N) is 3. The number of carbonyl (C=O) groups is 1. The lowest BCUT2D eigenvalue weighted by Gasteiger charge is -2.35. The lowest BCUT2D eigenvalue weighted by atomic mass is 10.0. The second-order valence-electron chi connectivity index (χ2n) is 8.07. The minimum Gasteiger partial charge on any atom is -0.497 e. The first-order valence-corrected chi connectivity index (χ1v) is 11.4. The molecule has 1 fully saturated rings. The molecule has 1 N–H and O–H groups in total. The maximum absolute atomic E-state index is 13.3. The van der Waals surface area contributed by atoms with Gasteiger partial charge in [0.1, 0.15) is 5.75 Å². The van der Waals surface area contributed by atoms with Gasteiger partial charge in [-0.3, -0.25) is 14.5 Å². The Bertz CT molecular complexity index is 1150. The zero-order valence-electron chi connectivity index (χ0n) is 19.1. The van der Waals surface area contributed by atoms with Crippen molar-refractivity contribution in [2.45, 2.75) is 25.9 Å². The smallest absolute Gasteiger partial charge is 0.274 e. The highest BCUT2D eigenvalue weighted by Gasteiger charge is 2.24. The summed E-state index contributed by atoms with van der Waals surface area (Å²) in [5, 5.41) is 8.57. The van der Waals surface area contributed by atoms with Crippen LogP contribution in [-0.2, 0) is 11.3 Å². The number of amides is 1. The number of hydrogen-bond donors (Lipinski definition) is 1. The summed E-state index contributed by atoms with van der Waals surface area (Å²) in [4.78, 5) is 28.4. The van der Waals surface area contributed by atoms with Gasteiger partial charge in [-0.25, -0.2) is 4.68 Å². The molecular formula is C25H30N4O4. The van der Waals surface area contributed by atoms with Crippen molar-refractivity contribution in [3.05, 3.63) is 70.1 Å². The van der Waals surface area contributed by atoms with Gasteiger partial charge in [0.25, 0.3) is 11.5 Å². The summed E-state index contributed by atoms with van der Waals surface area (Å²) in [6.07, 6.45) is 0.753. The number of hydrogen-bond acceptors (Lipinski definition) is 6. The molecule has 1 aromatic heterocycles. The normalized spacial score (nSPS) is 15.3. The molecule has 174 valence electrons. The van der Waals surface area contributed by atoms with Gasteiger partial charge < -0.3 is 14.8 Å². The molecule has 4 rings (SSSR count). The van der Waals surface area contributed by atoms with Gasteiger partial charge in [-0.05, 0) is 30.2 Å². The third kappa shape index (κ3) is 5.07. The number of fused-ring (bicyclic) bond motifs is 1. The monoisotopic (exact) mass is 450 g/mol. The highest BCUT2D eigenvalue weighted by molar-refractivity contribution is 6.04. The van der Waals surface area contributed by atoms with E-state index >= 15 is 0 Å². The van der Waals surface area contributed by atoms with Gasteiger partial charge in [0.2, 0.25) is 0 Å². The molecule has 0 radical (unpaired) electrons. The van der Waals surface area contributed by atoms with Gasteiger partial charge in [0.15, 0.2) is 5.69 Å². The average Bonchev–Trinajstić information content (AvgIpc) is 2.87. The summed E-state index contributed by atoms with van der Waals surface area (Å²) in [5.41, 5.74) is 1.19. The van der Waals surface area contributed by atoms with Gasteiger partial charge >= 0.3 is 0 Å². The van der Waals surface area contributed by atoms with Gasteiger partial charge in [0, 0.05) is 31.6 Å². The molecule has 0 bridgehead atoms. The number of carbonyl (C=O) groups excluding carboxylic acids is 1. The van der Waals surface area contributed by atoms with E-state index in [0.29, 0.717) is 37.1 Å². The van der Waals surface area contributed by atoms with Gasteiger partial charge in [0.05, 0.1) is 31.8 Å². The maximum Gasteiger partial charge on any atom is 0.274 e. The minimum atomic E-state index is -0.289. The van der Waals surface area contributed by atoms with E-state index in [1.54, 1.807) is 25.3 Å². The van der Waals surface area contributed by atoms with Crippen LogP contribution in [0.25, 0.3) is 10.8 Å². The minimum absolute atomic E-state index is 0.0171. The number of aromatic nitrogens is 2. The molecule has 0 saturated carbocycles. The van der Waals surface area contributed by atoms with Gasteiger partial charge in [-0.15, -0.1) is 0 Å². The van der Waals surface area contributed by atoms with Crippen LogP contribution in [-0.4, -0.2) is 60.5 Å². The van der Waals surface area contributed by atoms with E-state index in [-0.39, 0.29) is 23.2 Å². The molecule has 1 saturated heterocycles. The van der Waals surface area contributed by atoms with E-state index in [1.165, 1.54) is 4.68 Å². The van der Waals surface area contributed by atoms with Crippen molar-refractivity contribution in [2.24, 2.45) is 0 Å². The first-order chi connectivity index (χ1) is 16.1. The molecular weight excluding hydrogens is 420 g/mol. The number of nitrogens with one attached hydrogen (secondary N) is 1. The third-order valence-electron chi connectivity index (χ3n) is 5.96. The Balaban J connectivity index is 1.61. The fourth-order valence-electron chi connectivity index (χ4n) is 4.21. The molecule has 3 aromatic rings. The van der Waals surface area contributed by atoms with Crippen molar-refractivity contribution in [1.82, 2.24) is 20.0 Å². The Morgan fingerprint density at radius 1 is 1.12 bits per heavy atom. The Hall–Kier alpha value is -3.23. The quantitative estimate of drug-likeness (QED) is 0.568. The average molecular weight is 451 g/mol. The molecule has 8 nitrogen and oxygen atoms in total. The summed E-state index contributed by atoms with van der Waals surface area (Å²) in [6.45, 7) is 5.75. The van der Waals surface area contributed by atoms with Crippen LogP contribution >= 0.6 is 0 Å².